The Morgan fingerprint density at radius 3 is 2.82 bits per heavy atom. The molecule has 8 nitrogen and oxygen atoms in total. The van der Waals surface area contributed by atoms with E-state index < -0.39 is 0 Å². The van der Waals surface area contributed by atoms with Gasteiger partial charge in [0, 0.05) is 19.6 Å². The number of carbonyl (C=O) groups excluding carboxylic acids is 1. The summed E-state index contributed by atoms with van der Waals surface area (Å²) in [5.41, 5.74) is 1.53. The summed E-state index contributed by atoms with van der Waals surface area (Å²) in [5.74, 6) is 0.811. The Balaban J connectivity index is 1.34. The second-order valence-electron chi connectivity index (χ2n) is 7.43. The molecule has 2 amide bonds. The van der Waals surface area contributed by atoms with E-state index in [1.807, 2.05) is 39.9 Å². The number of carbonyl (C=O) groups is 1. The standard InChI is InChI=1S/C20H27N5O3/c1-2-10-21-19(26)24-11-8-20(9-12-24)15-25-18(14-28-20)17(22-23-25)13-27-16-6-4-3-5-7-16/h3-7H,2,8-15H2,1H3,(H,21,26). The lowest BCUT2D eigenvalue weighted by Gasteiger charge is -2.43. The van der Waals surface area contributed by atoms with Crippen molar-refractivity contribution >= 4 is 6.03 Å². The summed E-state index contributed by atoms with van der Waals surface area (Å²) in [4.78, 5) is 14.0. The Morgan fingerprint density at radius 1 is 1.29 bits per heavy atom. The number of ether oxygens (including phenoxy) is 2. The smallest absolute Gasteiger partial charge is 0.317 e. The molecule has 4 rings (SSSR count). The van der Waals surface area contributed by atoms with Crippen LogP contribution in [0.2, 0.25) is 0 Å². The SMILES string of the molecule is CCCNC(=O)N1CCC2(CC1)Cn1nnc(COc3ccccc3)c1CO2. The first-order valence-corrected chi connectivity index (χ1v) is 9.95. The van der Waals surface area contributed by atoms with Crippen LogP contribution in [0.25, 0.3) is 0 Å². The molecule has 0 saturated carbocycles. The van der Waals surface area contributed by atoms with E-state index in [0.29, 0.717) is 39.4 Å². The van der Waals surface area contributed by atoms with Crippen LogP contribution < -0.4 is 10.1 Å². The number of aromatic nitrogens is 3. The highest BCUT2D eigenvalue weighted by Crippen LogP contribution is 2.33. The van der Waals surface area contributed by atoms with Crippen LogP contribution in [-0.4, -0.2) is 51.2 Å². The number of benzene rings is 1. The van der Waals surface area contributed by atoms with Crippen LogP contribution in [0.1, 0.15) is 37.6 Å². The minimum Gasteiger partial charge on any atom is -0.487 e. The molecule has 0 atom stereocenters. The van der Waals surface area contributed by atoms with E-state index in [0.717, 1.165) is 36.4 Å². The first-order valence-electron chi connectivity index (χ1n) is 9.95. The molecule has 0 radical (unpaired) electrons. The van der Waals surface area contributed by atoms with Gasteiger partial charge in [-0.1, -0.05) is 30.3 Å². The van der Waals surface area contributed by atoms with Crippen LogP contribution >= 0.6 is 0 Å². The van der Waals surface area contributed by atoms with Crippen LogP contribution in [0.3, 0.4) is 0 Å². The van der Waals surface area contributed by atoms with Gasteiger partial charge in [-0.3, -0.25) is 0 Å². The molecule has 1 N–H and O–H groups in total. The lowest BCUT2D eigenvalue weighted by Crippen LogP contribution is -2.53. The van der Waals surface area contributed by atoms with Crippen molar-refractivity contribution in [3.8, 4) is 5.75 Å². The van der Waals surface area contributed by atoms with Crippen molar-refractivity contribution in [3.63, 3.8) is 0 Å². The summed E-state index contributed by atoms with van der Waals surface area (Å²) in [6, 6.07) is 9.71. The molecular weight excluding hydrogens is 358 g/mol. The molecule has 2 aliphatic heterocycles. The van der Waals surface area contributed by atoms with Crippen molar-refractivity contribution in [3.05, 3.63) is 41.7 Å². The fourth-order valence-corrected chi connectivity index (χ4v) is 3.74. The van der Waals surface area contributed by atoms with Gasteiger partial charge >= 0.3 is 6.03 Å². The van der Waals surface area contributed by atoms with Gasteiger partial charge in [-0.25, -0.2) is 9.48 Å². The monoisotopic (exact) mass is 385 g/mol. The van der Waals surface area contributed by atoms with Crippen LogP contribution in [0.4, 0.5) is 4.79 Å². The second kappa shape index (κ2) is 8.18. The van der Waals surface area contributed by atoms with Gasteiger partial charge in [-0.2, -0.15) is 0 Å². The molecule has 0 unspecified atom stereocenters. The van der Waals surface area contributed by atoms with Crippen LogP contribution in [0.5, 0.6) is 5.75 Å². The van der Waals surface area contributed by atoms with Crippen LogP contribution in [-0.2, 0) is 24.5 Å². The Kier molecular flexibility index (Phi) is 5.47. The molecule has 1 fully saturated rings. The molecule has 28 heavy (non-hydrogen) atoms. The van der Waals surface area contributed by atoms with E-state index >= 15 is 0 Å². The zero-order chi connectivity index (χ0) is 19.4. The molecule has 2 aromatic rings. The van der Waals surface area contributed by atoms with Crippen molar-refractivity contribution in [1.82, 2.24) is 25.2 Å². The highest BCUT2D eigenvalue weighted by atomic mass is 16.5. The second-order valence-corrected chi connectivity index (χ2v) is 7.43. The van der Waals surface area contributed by atoms with Gasteiger partial charge in [0.25, 0.3) is 0 Å². The molecule has 2 aliphatic rings. The van der Waals surface area contributed by atoms with Gasteiger partial charge in [0.15, 0.2) is 0 Å². The summed E-state index contributed by atoms with van der Waals surface area (Å²) in [5, 5.41) is 11.6. The van der Waals surface area contributed by atoms with Crippen molar-refractivity contribution in [1.29, 1.82) is 0 Å². The maximum Gasteiger partial charge on any atom is 0.317 e. The van der Waals surface area contributed by atoms with Gasteiger partial charge < -0.3 is 19.7 Å². The molecular formula is C20H27N5O3. The van der Waals surface area contributed by atoms with Gasteiger partial charge in [0.1, 0.15) is 18.1 Å². The van der Waals surface area contributed by atoms with Crippen molar-refractivity contribution < 1.29 is 14.3 Å². The minimum atomic E-state index is -0.264. The van der Waals surface area contributed by atoms with Crippen LogP contribution in [0, 0.1) is 0 Å². The molecule has 1 saturated heterocycles. The van der Waals surface area contributed by atoms with E-state index in [1.165, 1.54) is 0 Å². The average Bonchev–Trinajstić information content (AvgIpc) is 3.13. The summed E-state index contributed by atoms with van der Waals surface area (Å²) < 4.78 is 14.0. The maximum absolute atomic E-state index is 12.2. The highest BCUT2D eigenvalue weighted by Gasteiger charge is 2.41. The highest BCUT2D eigenvalue weighted by molar-refractivity contribution is 5.74. The summed E-state index contributed by atoms with van der Waals surface area (Å²) in [6.07, 6.45) is 2.56. The number of nitrogens with zero attached hydrogens (tertiary/aromatic N) is 4. The third-order valence-corrected chi connectivity index (χ3v) is 5.48. The van der Waals surface area contributed by atoms with Gasteiger partial charge in [0.2, 0.25) is 0 Å². The summed E-state index contributed by atoms with van der Waals surface area (Å²) in [7, 11) is 0. The third-order valence-electron chi connectivity index (χ3n) is 5.48. The molecule has 0 bridgehead atoms. The van der Waals surface area contributed by atoms with Gasteiger partial charge in [-0.05, 0) is 31.4 Å². The molecule has 150 valence electrons. The molecule has 1 spiro atoms. The number of hydrogen-bond acceptors (Lipinski definition) is 5. The van der Waals surface area contributed by atoms with Crippen molar-refractivity contribution in [2.75, 3.05) is 19.6 Å². The first kappa shape index (κ1) is 18.7. The molecule has 8 heteroatoms. The maximum atomic E-state index is 12.2. The molecule has 1 aromatic heterocycles. The Hall–Kier alpha value is -2.61. The summed E-state index contributed by atoms with van der Waals surface area (Å²) >= 11 is 0. The number of amides is 2. The number of para-hydroxylation sites is 1. The molecule has 0 aliphatic carbocycles. The third kappa shape index (κ3) is 3.96. The Bertz CT molecular complexity index is 799. The Morgan fingerprint density at radius 2 is 2.07 bits per heavy atom. The molecule has 3 heterocycles. The topological polar surface area (TPSA) is 81.5 Å². The lowest BCUT2D eigenvalue weighted by atomic mass is 9.90. The minimum absolute atomic E-state index is 0.0225. The average molecular weight is 385 g/mol. The zero-order valence-electron chi connectivity index (χ0n) is 16.3. The number of rotatable bonds is 5. The zero-order valence-corrected chi connectivity index (χ0v) is 16.3. The lowest BCUT2D eigenvalue weighted by molar-refractivity contribution is -0.119. The van der Waals surface area contributed by atoms with E-state index in [9.17, 15) is 4.79 Å². The number of likely N-dealkylation sites (tertiary alicyclic amines) is 1. The number of fused-ring (bicyclic) bond motifs is 1. The largest absolute Gasteiger partial charge is 0.487 e. The molecule has 1 aromatic carbocycles. The fraction of sp³-hybridized carbons (Fsp3) is 0.550. The number of hydrogen-bond donors (Lipinski definition) is 1. The normalized spacial score (nSPS) is 18.0. The van der Waals surface area contributed by atoms with Crippen molar-refractivity contribution in [2.24, 2.45) is 0 Å². The van der Waals surface area contributed by atoms with E-state index in [4.69, 9.17) is 9.47 Å². The number of urea groups is 1. The van der Waals surface area contributed by atoms with Gasteiger partial charge in [-0.15, -0.1) is 5.10 Å². The van der Waals surface area contributed by atoms with Crippen molar-refractivity contribution in [2.45, 2.75) is 51.5 Å². The van der Waals surface area contributed by atoms with E-state index in [-0.39, 0.29) is 11.6 Å². The van der Waals surface area contributed by atoms with E-state index in [1.54, 1.807) is 0 Å². The van der Waals surface area contributed by atoms with Gasteiger partial charge in [0.05, 0.1) is 24.4 Å². The Labute approximate surface area is 164 Å². The predicted molar refractivity (Wildman–Crippen MR) is 103 cm³/mol. The fourth-order valence-electron chi connectivity index (χ4n) is 3.74. The van der Waals surface area contributed by atoms with Crippen LogP contribution in [0.15, 0.2) is 30.3 Å². The first-order chi connectivity index (χ1) is 13.7. The predicted octanol–water partition coefficient (Wildman–Crippen LogP) is 2.34. The quantitative estimate of drug-likeness (QED) is 0.854. The number of piperidine rings is 1. The number of nitrogens with one attached hydrogen (secondary N) is 1. The van der Waals surface area contributed by atoms with E-state index in [2.05, 4.69) is 22.6 Å². The summed E-state index contributed by atoms with van der Waals surface area (Å²) in [6.45, 7) is 5.69.